The summed E-state index contributed by atoms with van der Waals surface area (Å²) >= 11 is 0. The van der Waals surface area contributed by atoms with E-state index in [0.717, 1.165) is 25.1 Å². The molecule has 2 aliphatic rings. The molecule has 0 aliphatic carbocycles. The molecular formula is C11H14N2O3S. The van der Waals surface area contributed by atoms with Crippen molar-refractivity contribution in [3.8, 4) is 0 Å². The Hall–Kier alpha value is -0.950. The fraction of sp³-hybridized carbons (Fsp3) is 0.455. The predicted octanol–water partition coefficient (Wildman–Crippen LogP) is 0.609. The quantitative estimate of drug-likeness (QED) is 0.757. The Morgan fingerprint density at radius 1 is 1.35 bits per heavy atom. The van der Waals surface area contributed by atoms with E-state index < -0.39 is 10.1 Å². The molecule has 0 saturated carbocycles. The number of hydrogen-bond donors (Lipinski definition) is 2. The Bertz CT molecular complexity index is 543. The number of benzene rings is 1. The molecule has 0 bridgehead atoms. The first-order chi connectivity index (χ1) is 8.07. The summed E-state index contributed by atoms with van der Waals surface area (Å²) in [5.74, 6) is 0.197. The zero-order valence-electron chi connectivity index (χ0n) is 9.20. The molecular weight excluding hydrogens is 240 g/mol. The number of hydrazine groups is 1. The summed E-state index contributed by atoms with van der Waals surface area (Å²) in [5.41, 5.74) is 3.97. The summed E-state index contributed by atoms with van der Waals surface area (Å²) in [7, 11) is -4.12. The second-order valence-corrected chi connectivity index (χ2v) is 5.93. The van der Waals surface area contributed by atoms with Crippen LogP contribution in [0, 0.1) is 0 Å². The van der Waals surface area contributed by atoms with Gasteiger partial charge in [-0.3, -0.25) is 9.98 Å². The maximum Gasteiger partial charge on any atom is 0.294 e. The van der Waals surface area contributed by atoms with Crippen molar-refractivity contribution in [3.05, 3.63) is 29.8 Å². The molecule has 0 amide bonds. The molecule has 2 heterocycles. The van der Waals surface area contributed by atoms with E-state index in [1.165, 1.54) is 6.07 Å². The van der Waals surface area contributed by atoms with Crippen molar-refractivity contribution < 1.29 is 13.0 Å². The second kappa shape index (κ2) is 3.78. The fourth-order valence-corrected chi connectivity index (χ4v) is 3.54. The Balaban J connectivity index is 1.99. The molecule has 0 spiro atoms. The van der Waals surface area contributed by atoms with Crippen LogP contribution in [-0.4, -0.2) is 37.1 Å². The van der Waals surface area contributed by atoms with Crippen molar-refractivity contribution in [1.29, 1.82) is 0 Å². The molecule has 1 aromatic rings. The molecule has 0 radical (unpaired) electrons. The highest BCUT2D eigenvalue weighted by atomic mass is 32.2. The van der Waals surface area contributed by atoms with Gasteiger partial charge in [0.25, 0.3) is 10.1 Å². The van der Waals surface area contributed by atoms with Crippen molar-refractivity contribution in [3.63, 3.8) is 0 Å². The monoisotopic (exact) mass is 254 g/mol. The van der Waals surface area contributed by atoms with Crippen LogP contribution in [0.1, 0.15) is 17.9 Å². The number of nitrogens with one attached hydrogen (secondary N) is 1. The zero-order chi connectivity index (χ0) is 12.0. The molecule has 0 aromatic heterocycles. The SMILES string of the molecule is O=S(=O)(O)c1ccccc1C1CN2NCCC12. The average Bonchev–Trinajstić information content (AvgIpc) is 2.60. The van der Waals surface area contributed by atoms with Crippen LogP contribution in [0.5, 0.6) is 0 Å². The van der Waals surface area contributed by atoms with Gasteiger partial charge in [-0.2, -0.15) is 8.42 Å². The second-order valence-electron chi connectivity index (χ2n) is 4.54. The summed E-state index contributed by atoms with van der Waals surface area (Å²) in [6.45, 7) is 1.74. The van der Waals surface area contributed by atoms with Gasteiger partial charge in [-0.1, -0.05) is 18.2 Å². The standard InChI is InChI=1S/C11H14N2O3S/c14-17(15,16)11-4-2-1-3-8(11)9-7-13-10(9)5-6-12-13/h1-4,9-10,12H,5-7H2,(H,14,15,16). The van der Waals surface area contributed by atoms with Crippen molar-refractivity contribution in [2.24, 2.45) is 0 Å². The maximum absolute atomic E-state index is 11.3. The van der Waals surface area contributed by atoms with Crippen molar-refractivity contribution >= 4 is 10.1 Å². The average molecular weight is 254 g/mol. The largest absolute Gasteiger partial charge is 0.294 e. The number of hydrogen-bond acceptors (Lipinski definition) is 4. The molecule has 92 valence electrons. The fourth-order valence-electron chi connectivity index (χ4n) is 2.77. The molecule has 2 fully saturated rings. The zero-order valence-corrected chi connectivity index (χ0v) is 10.0. The van der Waals surface area contributed by atoms with Gasteiger partial charge in [-0.25, -0.2) is 5.01 Å². The van der Waals surface area contributed by atoms with Crippen LogP contribution in [0.15, 0.2) is 29.2 Å². The summed E-state index contributed by atoms with van der Waals surface area (Å²) in [6, 6.07) is 7.07. The molecule has 1 aromatic carbocycles. The first kappa shape index (κ1) is 11.2. The summed E-state index contributed by atoms with van der Waals surface area (Å²) in [4.78, 5) is 0.0524. The van der Waals surface area contributed by atoms with Gasteiger partial charge in [0.2, 0.25) is 0 Å². The van der Waals surface area contributed by atoms with E-state index in [9.17, 15) is 13.0 Å². The molecule has 2 aliphatic heterocycles. The van der Waals surface area contributed by atoms with Crippen molar-refractivity contribution in [1.82, 2.24) is 10.4 Å². The minimum absolute atomic E-state index is 0.0524. The van der Waals surface area contributed by atoms with Crippen LogP contribution in [0.3, 0.4) is 0 Å². The highest BCUT2D eigenvalue weighted by Crippen LogP contribution is 2.39. The van der Waals surface area contributed by atoms with E-state index in [4.69, 9.17) is 0 Å². The van der Waals surface area contributed by atoms with Crippen LogP contribution >= 0.6 is 0 Å². The minimum atomic E-state index is -4.12. The van der Waals surface area contributed by atoms with E-state index in [0.29, 0.717) is 6.04 Å². The van der Waals surface area contributed by atoms with Crippen molar-refractivity contribution in [2.45, 2.75) is 23.3 Å². The van der Waals surface area contributed by atoms with Crippen LogP contribution in [0.2, 0.25) is 0 Å². The van der Waals surface area contributed by atoms with E-state index in [-0.39, 0.29) is 10.8 Å². The third-order valence-corrected chi connectivity index (χ3v) is 4.54. The molecule has 5 nitrogen and oxygen atoms in total. The van der Waals surface area contributed by atoms with Gasteiger partial charge in [0.05, 0.1) is 4.90 Å². The maximum atomic E-state index is 11.3. The molecule has 2 unspecified atom stereocenters. The highest BCUT2D eigenvalue weighted by molar-refractivity contribution is 7.85. The van der Waals surface area contributed by atoms with E-state index in [2.05, 4.69) is 10.4 Å². The van der Waals surface area contributed by atoms with Gasteiger partial charge in [0.1, 0.15) is 0 Å². The van der Waals surface area contributed by atoms with Crippen LogP contribution in [-0.2, 0) is 10.1 Å². The lowest BCUT2D eigenvalue weighted by Gasteiger charge is -2.43. The molecule has 6 heteroatoms. The highest BCUT2D eigenvalue weighted by Gasteiger charge is 2.44. The number of fused-ring (bicyclic) bond motifs is 1. The van der Waals surface area contributed by atoms with Gasteiger partial charge >= 0.3 is 0 Å². The minimum Gasteiger partial charge on any atom is -0.282 e. The Labute approximate surface area is 100 Å². The first-order valence-corrected chi connectivity index (χ1v) is 7.08. The number of nitrogens with zero attached hydrogens (tertiary/aromatic N) is 1. The smallest absolute Gasteiger partial charge is 0.282 e. The van der Waals surface area contributed by atoms with Crippen LogP contribution in [0.25, 0.3) is 0 Å². The molecule has 3 rings (SSSR count). The Kier molecular flexibility index (Phi) is 2.48. The third kappa shape index (κ3) is 1.77. The Morgan fingerprint density at radius 3 is 2.82 bits per heavy atom. The molecule has 2 N–H and O–H groups in total. The van der Waals surface area contributed by atoms with Crippen LogP contribution < -0.4 is 5.43 Å². The molecule has 2 atom stereocenters. The van der Waals surface area contributed by atoms with Crippen molar-refractivity contribution in [2.75, 3.05) is 13.1 Å². The van der Waals surface area contributed by atoms with Gasteiger partial charge in [0, 0.05) is 25.0 Å². The van der Waals surface area contributed by atoms with Crippen LogP contribution in [0.4, 0.5) is 0 Å². The number of rotatable bonds is 2. The van der Waals surface area contributed by atoms with E-state index >= 15 is 0 Å². The first-order valence-electron chi connectivity index (χ1n) is 5.64. The van der Waals surface area contributed by atoms with Gasteiger partial charge in [0.15, 0.2) is 0 Å². The summed E-state index contributed by atoms with van der Waals surface area (Å²) in [6.07, 6.45) is 1.02. The van der Waals surface area contributed by atoms with Gasteiger partial charge < -0.3 is 0 Å². The lowest BCUT2D eigenvalue weighted by Crippen LogP contribution is -2.54. The summed E-state index contributed by atoms with van der Waals surface area (Å²) in [5, 5.41) is 2.13. The van der Waals surface area contributed by atoms with E-state index in [1.54, 1.807) is 12.1 Å². The lowest BCUT2D eigenvalue weighted by atomic mass is 9.83. The topological polar surface area (TPSA) is 69.6 Å². The normalized spacial score (nSPS) is 28.8. The van der Waals surface area contributed by atoms with E-state index in [1.807, 2.05) is 6.07 Å². The molecule has 2 saturated heterocycles. The van der Waals surface area contributed by atoms with Gasteiger partial charge in [-0.15, -0.1) is 0 Å². The summed E-state index contributed by atoms with van der Waals surface area (Å²) < 4.78 is 31.9. The predicted molar refractivity (Wildman–Crippen MR) is 62.1 cm³/mol. The molecule has 17 heavy (non-hydrogen) atoms. The third-order valence-electron chi connectivity index (χ3n) is 3.61. The Morgan fingerprint density at radius 2 is 2.12 bits per heavy atom. The van der Waals surface area contributed by atoms with Gasteiger partial charge in [-0.05, 0) is 18.1 Å². The lowest BCUT2D eigenvalue weighted by molar-refractivity contribution is 0.0565.